The van der Waals surface area contributed by atoms with Crippen LogP contribution in [0, 0.1) is 5.82 Å². The van der Waals surface area contributed by atoms with Crippen LogP contribution in [0.15, 0.2) is 18.2 Å². The van der Waals surface area contributed by atoms with Crippen molar-refractivity contribution in [3.63, 3.8) is 0 Å². The zero-order valence-corrected chi connectivity index (χ0v) is 14.2. The van der Waals surface area contributed by atoms with Gasteiger partial charge in [0.15, 0.2) is 5.82 Å². The Bertz CT molecular complexity index is 815. The lowest BCUT2D eigenvalue weighted by atomic mass is 9.79. The van der Waals surface area contributed by atoms with Gasteiger partial charge in [-0.2, -0.15) is 0 Å². The van der Waals surface area contributed by atoms with Crippen molar-refractivity contribution in [2.24, 2.45) is 0 Å². The molecule has 0 unspecified atom stereocenters. The number of hydrogen-bond donors (Lipinski definition) is 2. The van der Waals surface area contributed by atoms with Crippen molar-refractivity contribution < 1.29 is 14.3 Å². The molecule has 2 saturated carbocycles. The molecule has 4 rings (SSSR count). The Morgan fingerprint density at radius 2 is 2.12 bits per heavy atom. The molecule has 2 aromatic rings. The minimum absolute atomic E-state index is 0.0447. The molecule has 1 aromatic heterocycles. The van der Waals surface area contributed by atoms with Crippen molar-refractivity contribution in [1.29, 1.82) is 0 Å². The number of carbonyl (C=O) groups is 1. The van der Waals surface area contributed by atoms with Crippen LogP contribution >= 0.6 is 11.6 Å². The van der Waals surface area contributed by atoms with Crippen molar-refractivity contribution >= 4 is 17.5 Å². The third-order valence-corrected chi connectivity index (χ3v) is 5.16. The highest BCUT2D eigenvalue weighted by atomic mass is 35.5. The topological polar surface area (TPSA) is 80.0 Å². The quantitative estimate of drug-likeness (QED) is 0.854. The number of rotatable bonds is 5. The second kappa shape index (κ2) is 6.38. The Morgan fingerprint density at radius 1 is 1.36 bits per heavy atom. The fraction of sp³-hybridized carbons (Fsp3) is 0.471. The minimum atomic E-state index is -0.541. The normalized spacial score (nSPS) is 22.5. The van der Waals surface area contributed by atoms with E-state index in [1.807, 2.05) is 0 Å². The van der Waals surface area contributed by atoms with Gasteiger partial charge in [-0.3, -0.25) is 4.79 Å². The number of carbonyl (C=O) groups excluding carboxylic acids is 1. The van der Waals surface area contributed by atoms with E-state index in [0.29, 0.717) is 17.4 Å². The fourth-order valence-corrected chi connectivity index (χ4v) is 3.49. The number of nitrogens with zero attached hydrogens (tertiary/aromatic N) is 3. The third kappa shape index (κ3) is 3.14. The number of aromatic nitrogens is 3. The van der Waals surface area contributed by atoms with Gasteiger partial charge in [0.05, 0.1) is 5.02 Å². The molecule has 1 aromatic carbocycles. The van der Waals surface area contributed by atoms with Gasteiger partial charge in [-0.05, 0) is 43.9 Å². The van der Waals surface area contributed by atoms with Crippen LogP contribution in [0.1, 0.15) is 59.6 Å². The Hall–Kier alpha value is -1.99. The number of amides is 1. The lowest BCUT2D eigenvalue weighted by molar-refractivity contribution is 0.0906. The van der Waals surface area contributed by atoms with Crippen LogP contribution in [0.4, 0.5) is 4.39 Å². The molecule has 0 bridgehead atoms. The standard InChI is InChI=1S/C17H18ClFN4O2/c18-13-7-9(1-4-14(13)19)17(25)20-11-5-10(6-11)16-22-21-15(8-24)23(16)12-2-3-12/h1,4,7,10-12,24H,2-3,5-6,8H2,(H,20,25). The Morgan fingerprint density at radius 3 is 2.76 bits per heavy atom. The summed E-state index contributed by atoms with van der Waals surface area (Å²) in [5.41, 5.74) is 0.346. The number of hydrogen-bond acceptors (Lipinski definition) is 4. The van der Waals surface area contributed by atoms with E-state index in [0.717, 1.165) is 31.5 Å². The number of aliphatic hydroxyl groups excluding tert-OH is 1. The minimum Gasteiger partial charge on any atom is -0.388 e. The van der Waals surface area contributed by atoms with Crippen LogP contribution in [0.25, 0.3) is 0 Å². The summed E-state index contributed by atoms with van der Waals surface area (Å²) in [6.45, 7) is -0.109. The number of benzene rings is 1. The van der Waals surface area contributed by atoms with Crippen molar-refractivity contribution in [3.8, 4) is 0 Å². The smallest absolute Gasteiger partial charge is 0.251 e. The van der Waals surface area contributed by atoms with Crippen LogP contribution < -0.4 is 5.32 Å². The van der Waals surface area contributed by atoms with E-state index in [1.54, 1.807) is 0 Å². The number of nitrogens with one attached hydrogen (secondary N) is 1. The highest BCUT2D eigenvalue weighted by molar-refractivity contribution is 6.31. The highest BCUT2D eigenvalue weighted by Crippen LogP contribution is 2.42. The maximum absolute atomic E-state index is 13.2. The van der Waals surface area contributed by atoms with Crippen LogP contribution in [0.5, 0.6) is 0 Å². The van der Waals surface area contributed by atoms with Gasteiger partial charge >= 0.3 is 0 Å². The van der Waals surface area contributed by atoms with Crippen LogP contribution in [0.3, 0.4) is 0 Å². The fourth-order valence-electron chi connectivity index (χ4n) is 3.31. The van der Waals surface area contributed by atoms with E-state index in [2.05, 4.69) is 20.1 Å². The molecule has 0 saturated heterocycles. The lowest BCUT2D eigenvalue weighted by Crippen LogP contribution is -2.44. The molecule has 132 valence electrons. The summed E-state index contributed by atoms with van der Waals surface area (Å²) < 4.78 is 15.2. The van der Waals surface area contributed by atoms with Gasteiger partial charge in [0, 0.05) is 23.6 Å². The molecular formula is C17H18ClFN4O2. The van der Waals surface area contributed by atoms with Crippen LogP contribution in [0.2, 0.25) is 5.02 Å². The molecule has 2 aliphatic rings. The maximum atomic E-state index is 13.2. The molecule has 1 heterocycles. The predicted molar refractivity (Wildman–Crippen MR) is 88.9 cm³/mol. The van der Waals surface area contributed by atoms with Crippen molar-refractivity contribution in [1.82, 2.24) is 20.1 Å². The summed E-state index contributed by atoms with van der Waals surface area (Å²) in [4.78, 5) is 12.2. The zero-order valence-electron chi connectivity index (χ0n) is 13.5. The highest BCUT2D eigenvalue weighted by Gasteiger charge is 2.38. The molecule has 0 aliphatic heterocycles. The molecule has 0 radical (unpaired) electrons. The van der Waals surface area contributed by atoms with Crippen molar-refractivity contribution in [2.75, 3.05) is 0 Å². The van der Waals surface area contributed by atoms with Gasteiger partial charge in [0.1, 0.15) is 18.2 Å². The number of aliphatic hydroxyl groups is 1. The summed E-state index contributed by atoms with van der Waals surface area (Å²) in [7, 11) is 0. The van der Waals surface area contributed by atoms with Gasteiger partial charge in [0.2, 0.25) is 0 Å². The molecule has 0 atom stereocenters. The van der Waals surface area contributed by atoms with Crippen LogP contribution in [-0.2, 0) is 6.61 Å². The molecule has 6 nitrogen and oxygen atoms in total. The van der Waals surface area contributed by atoms with Gasteiger partial charge in [-0.15, -0.1) is 10.2 Å². The Kier molecular flexibility index (Phi) is 4.21. The average molecular weight is 365 g/mol. The van der Waals surface area contributed by atoms with Crippen molar-refractivity contribution in [2.45, 2.75) is 50.3 Å². The third-order valence-electron chi connectivity index (χ3n) is 4.87. The second-order valence-electron chi connectivity index (χ2n) is 6.70. The lowest BCUT2D eigenvalue weighted by Gasteiger charge is -2.35. The average Bonchev–Trinajstić information content (AvgIpc) is 3.32. The zero-order chi connectivity index (χ0) is 17.6. The molecular weight excluding hydrogens is 347 g/mol. The van der Waals surface area contributed by atoms with Gasteiger partial charge in [-0.1, -0.05) is 11.6 Å². The van der Waals surface area contributed by atoms with E-state index in [-0.39, 0.29) is 29.5 Å². The monoisotopic (exact) mass is 364 g/mol. The molecule has 8 heteroatoms. The largest absolute Gasteiger partial charge is 0.388 e. The summed E-state index contributed by atoms with van der Waals surface area (Å²) in [6, 6.07) is 4.39. The first-order valence-electron chi connectivity index (χ1n) is 8.37. The summed E-state index contributed by atoms with van der Waals surface area (Å²) >= 11 is 5.72. The summed E-state index contributed by atoms with van der Waals surface area (Å²) in [5, 5.41) is 20.6. The summed E-state index contributed by atoms with van der Waals surface area (Å²) in [5.74, 6) is 0.953. The van der Waals surface area contributed by atoms with E-state index < -0.39 is 5.82 Å². The maximum Gasteiger partial charge on any atom is 0.251 e. The van der Waals surface area contributed by atoms with Gasteiger partial charge in [0.25, 0.3) is 5.91 Å². The Balaban J connectivity index is 1.38. The van der Waals surface area contributed by atoms with Crippen LogP contribution in [-0.4, -0.2) is 31.8 Å². The molecule has 1 amide bonds. The molecule has 2 aliphatic carbocycles. The first kappa shape index (κ1) is 16.5. The predicted octanol–water partition coefficient (Wildman–Crippen LogP) is 2.57. The van der Waals surface area contributed by atoms with Gasteiger partial charge in [-0.25, -0.2) is 4.39 Å². The molecule has 2 fully saturated rings. The summed E-state index contributed by atoms with van der Waals surface area (Å²) in [6.07, 6.45) is 3.74. The van der Waals surface area contributed by atoms with Gasteiger partial charge < -0.3 is 15.0 Å². The van der Waals surface area contributed by atoms with E-state index in [9.17, 15) is 14.3 Å². The van der Waals surface area contributed by atoms with E-state index >= 15 is 0 Å². The van der Waals surface area contributed by atoms with E-state index in [1.165, 1.54) is 18.2 Å². The molecule has 25 heavy (non-hydrogen) atoms. The second-order valence-corrected chi connectivity index (χ2v) is 7.11. The Labute approximate surface area is 149 Å². The number of halogens is 2. The molecule has 2 N–H and O–H groups in total. The van der Waals surface area contributed by atoms with E-state index in [4.69, 9.17) is 11.6 Å². The SMILES string of the molecule is O=C(NC1CC(c2nnc(CO)n2C2CC2)C1)c1ccc(F)c(Cl)c1. The first-order chi connectivity index (χ1) is 12.1. The first-order valence-corrected chi connectivity index (χ1v) is 8.75. The van der Waals surface area contributed by atoms with Crippen molar-refractivity contribution in [3.05, 3.63) is 46.3 Å². The molecule has 0 spiro atoms.